The van der Waals surface area contributed by atoms with Gasteiger partial charge in [-0.1, -0.05) is 20.3 Å². The molecule has 0 aliphatic carbocycles. The summed E-state index contributed by atoms with van der Waals surface area (Å²) >= 11 is 0. The number of ether oxygens (including phenoxy) is 1. The third-order valence-electron chi connectivity index (χ3n) is 3.95. The highest BCUT2D eigenvalue weighted by Gasteiger charge is 2.45. The highest BCUT2D eigenvalue weighted by atomic mass is 16.5. The van der Waals surface area contributed by atoms with Crippen LogP contribution in [0, 0.1) is 5.92 Å². The van der Waals surface area contributed by atoms with E-state index >= 15 is 0 Å². The van der Waals surface area contributed by atoms with E-state index < -0.39 is 0 Å². The second-order valence-corrected chi connectivity index (χ2v) is 6.58. The molecule has 17 heavy (non-hydrogen) atoms. The zero-order valence-corrected chi connectivity index (χ0v) is 12.2. The molecule has 0 aromatic carbocycles. The summed E-state index contributed by atoms with van der Waals surface area (Å²) in [5, 5.41) is 13.4. The summed E-state index contributed by atoms with van der Waals surface area (Å²) in [5.74, 6) is 0.348. The van der Waals surface area contributed by atoms with Gasteiger partial charge >= 0.3 is 0 Å². The van der Waals surface area contributed by atoms with Crippen LogP contribution in [0.5, 0.6) is 0 Å². The van der Waals surface area contributed by atoms with E-state index in [2.05, 4.69) is 46.9 Å². The monoisotopic (exact) mass is 243 g/mol. The first-order chi connectivity index (χ1) is 7.68. The van der Waals surface area contributed by atoms with Crippen molar-refractivity contribution in [3.63, 3.8) is 0 Å². The van der Waals surface area contributed by atoms with Crippen LogP contribution < -0.4 is 5.32 Å². The Kier molecular flexibility index (Phi) is 4.61. The minimum absolute atomic E-state index is 0.0670. The van der Waals surface area contributed by atoms with Crippen molar-refractivity contribution in [3.05, 3.63) is 0 Å². The molecule has 0 amide bonds. The van der Waals surface area contributed by atoms with Gasteiger partial charge in [-0.25, -0.2) is 0 Å². The number of hydrogen-bond donors (Lipinski definition) is 2. The van der Waals surface area contributed by atoms with Crippen molar-refractivity contribution in [1.82, 2.24) is 5.32 Å². The van der Waals surface area contributed by atoms with E-state index in [9.17, 15) is 5.11 Å². The average Bonchev–Trinajstić information content (AvgIpc) is 2.41. The molecule has 1 heterocycles. The van der Waals surface area contributed by atoms with Crippen LogP contribution in [0.4, 0.5) is 0 Å². The molecule has 0 saturated carbocycles. The van der Waals surface area contributed by atoms with E-state index in [0.29, 0.717) is 18.5 Å². The number of rotatable bonds is 5. The van der Waals surface area contributed by atoms with Crippen molar-refractivity contribution in [2.75, 3.05) is 6.54 Å². The zero-order valence-electron chi connectivity index (χ0n) is 12.2. The van der Waals surface area contributed by atoms with Gasteiger partial charge in [0.25, 0.3) is 0 Å². The summed E-state index contributed by atoms with van der Waals surface area (Å²) in [6.07, 6.45) is 1.74. The predicted molar refractivity (Wildman–Crippen MR) is 71.1 cm³/mol. The average molecular weight is 243 g/mol. The van der Waals surface area contributed by atoms with Gasteiger partial charge in [0.15, 0.2) is 0 Å². The largest absolute Gasteiger partial charge is 0.392 e. The Morgan fingerprint density at radius 1 is 1.35 bits per heavy atom. The molecule has 0 bridgehead atoms. The minimum atomic E-state index is -0.264. The third-order valence-corrected chi connectivity index (χ3v) is 3.95. The van der Waals surface area contributed by atoms with Gasteiger partial charge in [0.2, 0.25) is 0 Å². The van der Waals surface area contributed by atoms with Gasteiger partial charge in [0.1, 0.15) is 0 Å². The second kappa shape index (κ2) is 5.25. The highest BCUT2D eigenvalue weighted by molar-refractivity contribution is 4.99. The number of aliphatic hydroxyl groups excluding tert-OH is 1. The molecule has 0 aromatic heterocycles. The first-order valence-electron chi connectivity index (χ1n) is 6.79. The smallest absolute Gasteiger partial charge is 0.0787 e. The maximum Gasteiger partial charge on any atom is 0.0787 e. The van der Waals surface area contributed by atoms with Crippen molar-refractivity contribution < 1.29 is 9.84 Å². The van der Waals surface area contributed by atoms with E-state index in [1.165, 1.54) is 0 Å². The zero-order chi connectivity index (χ0) is 13.3. The van der Waals surface area contributed by atoms with Gasteiger partial charge < -0.3 is 15.2 Å². The van der Waals surface area contributed by atoms with Gasteiger partial charge in [-0.3, -0.25) is 0 Å². The van der Waals surface area contributed by atoms with Gasteiger partial charge in [0.05, 0.1) is 17.3 Å². The molecule has 0 radical (unpaired) electrons. The van der Waals surface area contributed by atoms with Crippen LogP contribution in [0.25, 0.3) is 0 Å². The van der Waals surface area contributed by atoms with Crippen LogP contribution in [-0.2, 0) is 4.74 Å². The Balaban J connectivity index is 2.47. The lowest BCUT2D eigenvalue weighted by Crippen LogP contribution is -2.46. The fourth-order valence-corrected chi connectivity index (χ4v) is 2.62. The predicted octanol–water partition coefficient (Wildman–Crippen LogP) is 2.33. The van der Waals surface area contributed by atoms with Crippen molar-refractivity contribution in [3.8, 4) is 0 Å². The Labute approximate surface area is 106 Å². The molecule has 2 N–H and O–H groups in total. The molecule has 1 rings (SSSR count). The normalized spacial score (nSPS) is 30.2. The maximum atomic E-state index is 9.98. The molecule has 1 saturated heterocycles. The summed E-state index contributed by atoms with van der Waals surface area (Å²) in [4.78, 5) is 0. The molecular formula is C14H29NO2. The molecule has 3 unspecified atom stereocenters. The van der Waals surface area contributed by atoms with Crippen molar-refractivity contribution in [2.24, 2.45) is 5.92 Å². The molecule has 1 fully saturated rings. The Morgan fingerprint density at radius 2 is 1.94 bits per heavy atom. The van der Waals surface area contributed by atoms with E-state index in [1.54, 1.807) is 0 Å². The van der Waals surface area contributed by atoms with Crippen molar-refractivity contribution >= 4 is 0 Å². The molecule has 0 aromatic rings. The highest BCUT2D eigenvalue weighted by Crippen LogP contribution is 2.37. The third kappa shape index (κ3) is 3.94. The molecule has 3 heteroatoms. The molecule has 1 aliphatic rings. The lowest BCUT2D eigenvalue weighted by Gasteiger charge is -2.29. The number of hydrogen-bond acceptors (Lipinski definition) is 3. The standard InChI is InChI=1S/C14H29NO2/c1-7-10(2)11(16)9-15-12-8-13(3,4)17-14(12,5)6/h10-12,15-16H,7-9H2,1-6H3. The number of aliphatic hydroxyl groups is 1. The summed E-state index contributed by atoms with van der Waals surface area (Å²) < 4.78 is 6.02. The van der Waals surface area contributed by atoms with E-state index in [-0.39, 0.29) is 17.3 Å². The lowest BCUT2D eigenvalue weighted by atomic mass is 9.93. The first kappa shape index (κ1) is 14.9. The molecule has 3 atom stereocenters. The molecule has 3 nitrogen and oxygen atoms in total. The fourth-order valence-electron chi connectivity index (χ4n) is 2.62. The van der Waals surface area contributed by atoms with Crippen LogP contribution in [0.2, 0.25) is 0 Å². The Bertz CT molecular complexity index is 251. The van der Waals surface area contributed by atoms with Crippen LogP contribution in [-0.4, -0.2) is 35.0 Å². The van der Waals surface area contributed by atoms with E-state index in [0.717, 1.165) is 12.8 Å². The van der Waals surface area contributed by atoms with Gasteiger partial charge in [-0.2, -0.15) is 0 Å². The van der Waals surface area contributed by atoms with Crippen LogP contribution >= 0.6 is 0 Å². The molecular weight excluding hydrogens is 214 g/mol. The van der Waals surface area contributed by atoms with Gasteiger partial charge in [-0.15, -0.1) is 0 Å². The molecule has 0 spiro atoms. The Morgan fingerprint density at radius 3 is 2.35 bits per heavy atom. The number of nitrogens with one attached hydrogen (secondary N) is 1. The lowest BCUT2D eigenvalue weighted by molar-refractivity contribution is -0.0704. The molecule has 102 valence electrons. The quantitative estimate of drug-likeness (QED) is 0.778. The van der Waals surface area contributed by atoms with Gasteiger partial charge in [0, 0.05) is 12.6 Å². The van der Waals surface area contributed by atoms with Crippen LogP contribution in [0.3, 0.4) is 0 Å². The topological polar surface area (TPSA) is 41.5 Å². The van der Waals surface area contributed by atoms with Crippen LogP contribution in [0.15, 0.2) is 0 Å². The summed E-state index contributed by atoms with van der Waals surface area (Å²) in [5.41, 5.74) is -0.221. The summed E-state index contributed by atoms with van der Waals surface area (Å²) in [7, 11) is 0. The van der Waals surface area contributed by atoms with Gasteiger partial charge in [-0.05, 0) is 40.0 Å². The SMILES string of the molecule is CCC(C)C(O)CNC1CC(C)(C)OC1(C)C. The Hall–Kier alpha value is -0.120. The summed E-state index contributed by atoms with van der Waals surface area (Å²) in [6.45, 7) is 13.3. The summed E-state index contributed by atoms with van der Waals surface area (Å²) in [6, 6.07) is 0.316. The fraction of sp³-hybridized carbons (Fsp3) is 1.00. The second-order valence-electron chi connectivity index (χ2n) is 6.58. The van der Waals surface area contributed by atoms with Crippen LogP contribution in [0.1, 0.15) is 54.4 Å². The maximum absolute atomic E-state index is 9.98. The van der Waals surface area contributed by atoms with E-state index in [1.807, 2.05) is 0 Å². The van der Waals surface area contributed by atoms with Crippen molar-refractivity contribution in [2.45, 2.75) is 77.7 Å². The first-order valence-corrected chi connectivity index (χ1v) is 6.79. The van der Waals surface area contributed by atoms with Crippen molar-refractivity contribution in [1.29, 1.82) is 0 Å². The van der Waals surface area contributed by atoms with E-state index in [4.69, 9.17) is 4.74 Å². The molecule has 1 aliphatic heterocycles. The minimum Gasteiger partial charge on any atom is -0.392 e.